The number of benzene rings is 1. The Labute approximate surface area is 115 Å². The molecule has 1 atom stereocenters. The number of alkyl halides is 1. The Morgan fingerprint density at radius 1 is 1.32 bits per heavy atom. The molecule has 0 spiro atoms. The number of fused-ring (bicyclic) bond motifs is 1. The lowest BCUT2D eigenvalue weighted by atomic mass is 10.1. The first kappa shape index (κ1) is 14.1. The summed E-state index contributed by atoms with van der Waals surface area (Å²) in [6.45, 7) is 1.73. The number of H-pyrrole nitrogens is 2. The summed E-state index contributed by atoms with van der Waals surface area (Å²) in [4.78, 5) is 16.4. The average Bonchev–Trinajstić information content (AvgIpc) is 2.66. The van der Waals surface area contributed by atoms with E-state index in [1.807, 2.05) is 0 Å². The molecule has 2 rings (SSSR count). The fourth-order valence-electron chi connectivity index (χ4n) is 1.82. The summed E-state index contributed by atoms with van der Waals surface area (Å²) in [5, 5.41) is 0. The molecule has 104 valence electrons. The number of aromatic amines is 2. The third-order valence-electron chi connectivity index (χ3n) is 2.74. The van der Waals surface area contributed by atoms with Gasteiger partial charge >= 0.3 is 5.69 Å². The molecule has 6 nitrogen and oxygen atoms in total. The van der Waals surface area contributed by atoms with Crippen LogP contribution in [0.4, 0.5) is 0 Å². The molecule has 0 bridgehead atoms. The molecule has 1 heterocycles. The minimum atomic E-state index is -3.39. The molecule has 0 amide bonds. The highest BCUT2D eigenvalue weighted by Crippen LogP contribution is 2.17. The normalized spacial score (nSPS) is 13.8. The predicted molar refractivity (Wildman–Crippen MR) is 75.0 cm³/mol. The van der Waals surface area contributed by atoms with Gasteiger partial charge in [-0.3, -0.25) is 0 Å². The average molecular weight is 304 g/mol. The van der Waals surface area contributed by atoms with Crippen LogP contribution in [0.2, 0.25) is 0 Å². The van der Waals surface area contributed by atoms with Crippen molar-refractivity contribution in [2.24, 2.45) is 0 Å². The van der Waals surface area contributed by atoms with Crippen molar-refractivity contribution in [3.8, 4) is 0 Å². The first-order valence-electron chi connectivity index (χ1n) is 5.69. The topological polar surface area (TPSA) is 94.8 Å². The second-order valence-electron chi connectivity index (χ2n) is 4.23. The standard InChI is InChI=1S/C11H14ClN3O3S/c1-7(15-19(17,18)5-4-12)8-2-3-9-10(6-8)14-11(16)13-9/h2-3,6-7,15H,4-5H2,1H3,(H2,13,14,16). The van der Waals surface area contributed by atoms with Crippen LogP contribution in [0.15, 0.2) is 23.0 Å². The first-order chi connectivity index (χ1) is 8.91. The first-order valence-corrected chi connectivity index (χ1v) is 7.88. The zero-order valence-corrected chi connectivity index (χ0v) is 11.8. The Hall–Kier alpha value is -1.31. The molecule has 19 heavy (non-hydrogen) atoms. The summed E-state index contributed by atoms with van der Waals surface area (Å²) in [7, 11) is -3.39. The molecule has 2 aromatic rings. The van der Waals surface area contributed by atoms with Crippen LogP contribution in [0.3, 0.4) is 0 Å². The van der Waals surface area contributed by atoms with Crippen LogP contribution in [0, 0.1) is 0 Å². The molecule has 0 saturated carbocycles. The van der Waals surface area contributed by atoms with Gasteiger partial charge in [-0.25, -0.2) is 17.9 Å². The molecule has 0 aliphatic heterocycles. The molecule has 3 N–H and O–H groups in total. The molecule has 1 aromatic carbocycles. The van der Waals surface area contributed by atoms with Crippen molar-refractivity contribution in [1.82, 2.24) is 14.7 Å². The summed E-state index contributed by atoms with van der Waals surface area (Å²) in [6.07, 6.45) is 0. The zero-order valence-electron chi connectivity index (χ0n) is 10.2. The van der Waals surface area contributed by atoms with E-state index in [0.717, 1.165) is 5.56 Å². The Kier molecular flexibility index (Phi) is 3.98. The second-order valence-corrected chi connectivity index (χ2v) is 6.48. The largest absolute Gasteiger partial charge is 0.323 e. The van der Waals surface area contributed by atoms with E-state index >= 15 is 0 Å². The minimum absolute atomic E-state index is 0.0478. The molecule has 0 aliphatic rings. The van der Waals surface area contributed by atoms with Gasteiger partial charge in [0, 0.05) is 11.9 Å². The smallest absolute Gasteiger partial charge is 0.306 e. The fourth-order valence-corrected chi connectivity index (χ4v) is 3.42. The number of halogens is 1. The van der Waals surface area contributed by atoms with E-state index in [9.17, 15) is 13.2 Å². The van der Waals surface area contributed by atoms with Crippen LogP contribution in [-0.2, 0) is 10.0 Å². The van der Waals surface area contributed by atoms with Crippen molar-refractivity contribution in [1.29, 1.82) is 0 Å². The number of nitrogens with one attached hydrogen (secondary N) is 3. The molecule has 0 saturated heterocycles. The van der Waals surface area contributed by atoms with E-state index in [1.54, 1.807) is 25.1 Å². The minimum Gasteiger partial charge on any atom is -0.306 e. The van der Waals surface area contributed by atoms with Crippen molar-refractivity contribution in [3.63, 3.8) is 0 Å². The van der Waals surface area contributed by atoms with Crippen molar-refractivity contribution < 1.29 is 8.42 Å². The SMILES string of the molecule is CC(NS(=O)(=O)CCCl)c1ccc2[nH]c(=O)[nH]c2c1. The number of hydrogen-bond donors (Lipinski definition) is 3. The quantitative estimate of drug-likeness (QED) is 0.721. The summed E-state index contributed by atoms with van der Waals surface area (Å²) in [5.74, 6) is -0.0751. The maximum atomic E-state index is 11.6. The summed E-state index contributed by atoms with van der Waals surface area (Å²) in [5.41, 5.74) is 1.80. The van der Waals surface area contributed by atoms with Crippen molar-refractivity contribution in [2.75, 3.05) is 11.6 Å². The van der Waals surface area contributed by atoms with Crippen molar-refractivity contribution in [2.45, 2.75) is 13.0 Å². The van der Waals surface area contributed by atoms with Crippen molar-refractivity contribution in [3.05, 3.63) is 34.2 Å². The molecule has 1 aromatic heterocycles. The molecular formula is C11H14ClN3O3S. The van der Waals surface area contributed by atoms with Gasteiger partial charge in [0.25, 0.3) is 0 Å². The van der Waals surface area contributed by atoms with Crippen LogP contribution in [0.5, 0.6) is 0 Å². The number of rotatable bonds is 5. The van der Waals surface area contributed by atoms with E-state index in [2.05, 4.69) is 14.7 Å². The van der Waals surface area contributed by atoms with Gasteiger partial charge in [0.05, 0.1) is 16.8 Å². The van der Waals surface area contributed by atoms with E-state index in [-0.39, 0.29) is 17.3 Å². The fraction of sp³-hybridized carbons (Fsp3) is 0.364. The maximum Gasteiger partial charge on any atom is 0.323 e. The second kappa shape index (κ2) is 5.36. The lowest BCUT2D eigenvalue weighted by Gasteiger charge is -2.14. The maximum absolute atomic E-state index is 11.6. The van der Waals surface area contributed by atoms with Crippen LogP contribution >= 0.6 is 11.6 Å². The lowest BCUT2D eigenvalue weighted by Crippen LogP contribution is -2.29. The third kappa shape index (κ3) is 3.37. The van der Waals surface area contributed by atoms with Crippen LogP contribution < -0.4 is 10.4 Å². The highest BCUT2D eigenvalue weighted by Gasteiger charge is 2.15. The molecule has 0 radical (unpaired) electrons. The predicted octanol–water partition coefficient (Wildman–Crippen LogP) is 1.08. The molecule has 1 unspecified atom stereocenters. The van der Waals surface area contributed by atoms with Gasteiger partial charge in [0.1, 0.15) is 0 Å². The van der Waals surface area contributed by atoms with E-state index < -0.39 is 16.1 Å². The van der Waals surface area contributed by atoms with Gasteiger partial charge < -0.3 is 9.97 Å². The molecule has 8 heteroatoms. The summed E-state index contributed by atoms with van der Waals surface area (Å²) >= 11 is 5.43. The molecule has 0 fully saturated rings. The monoisotopic (exact) mass is 303 g/mol. The molecular weight excluding hydrogens is 290 g/mol. The number of imidazole rings is 1. The van der Waals surface area contributed by atoms with Crippen LogP contribution in [0.25, 0.3) is 11.0 Å². The lowest BCUT2D eigenvalue weighted by molar-refractivity contribution is 0.568. The van der Waals surface area contributed by atoms with Gasteiger partial charge in [-0.05, 0) is 24.6 Å². The van der Waals surface area contributed by atoms with Crippen LogP contribution in [-0.4, -0.2) is 30.0 Å². The summed E-state index contributed by atoms with van der Waals surface area (Å²) in [6, 6.07) is 4.84. The highest BCUT2D eigenvalue weighted by atomic mass is 35.5. The van der Waals surface area contributed by atoms with E-state index in [1.165, 1.54) is 0 Å². The molecule has 0 aliphatic carbocycles. The Balaban J connectivity index is 2.26. The number of aromatic nitrogens is 2. The zero-order chi connectivity index (χ0) is 14.0. The number of sulfonamides is 1. The Morgan fingerprint density at radius 3 is 2.68 bits per heavy atom. The Bertz CT molecular complexity index is 735. The highest BCUT2D eigenvalue weighted by molar-refractivity contribution is 7.89. The van der Waals surface area contributed by atoms with Gasteiger partial charge in [0.15, 0.2) is 0 Å². The van der Waals surface area contributed by atoms with Crippen molar-refractivity contribution >= 4 is 32.7 Å². The van der Waals surface area contributed by atoms with E-state index in [4.69, 9.17) is 11.6 Å². The van der Waals surface area contributed by atoms with Gasteiger partial charge in [-0.15, -0.1) is 11.6 Å². The third-order valence-corrected chi connectivity index (χ3v) is 4.61. The van der Waals surface area contributed by atoms with Crippen LogP contribution in [0.1, 0.15) is 18.5 Å². The van der Waals surface area contributed by atoms with Gasteiger partial charge in [-0.2, -0.15) is 0 Å². The van der Waals surface area contributed by atoms with Gasteiger partial charge in [0.2, 0.25) is 10.0 Å². The Morgan fingerprint density at radius 2 is 2.00 bits per heavy atom. The van der Waals surface area contributed by atoms with E-state index in [0.29, 0.717) is 11.0 Å². The summed E-state index contributed by atoms with van der Waals surface area (Å²) < 4.78 is 25.8. The van der Waals surface area contributed by atoms with Gasteiger partial charge in [-0.1, -0.05) is 6.07 Å². The number of hydrogen-bond acceptors (Lipinski definition) is 3.